The molecule has 1 N–H and O–H groups in total. The van der Waals surface area contributed by atoms with E-state index in [0.29, 0.717) is 16.1 Å². The first-order valence-electron chi connectivity index (χ1n) is 6.61. The van der Waals surface area contributed by atoms with Gasteiger partial charge >= 0.3 is 0 Å². The van der Waals surface area contributed by atoms with Crippen LogP contribution < -0.4 is 5.32 Å². The van der Waals surface area contributed by atoms with E-state index in [1.165, 1.54) is 0 Å². The molecule has 2 aromatic carbocycles. The number of benzene rings is 2. The normalized spacial score (nSPS) is 11.1. The predicted octanol–water partition coefficient (Wildman–Crippen LogP) is 6.30. The second-order valence-electron chi connectivity index (χ2n) is 4.93. The van der Waals surface area contributed by atoms with Gasteiger partial charge in [-0.1, -0.05) is 66.5 Å². The van der Waals surface area contributed by atoms with Crippen LogP contribution in [-0.2, 0) is 6.54 Å². The van der Waals surface area contributed by atoms with Gasteiger partial charge in [0.25, 0.3) is 0 Å². The standard InChI is InChI=1S/C16H16Cl3NS/c1-10(2)20-9-12-13(17)4-3-5-16(12)21-11-6-7-14(18)15(19)8-11/h3-8,10,20H,9H2,1-2H3. The highest BCUT2D eigenvalue weighted by Crippen LogP contribution is 2.36. The average molecular weight is 361 g/mol. The Bertz CT molecular complexity index is 629. The summed E-state index contributed by atoms with van der Waals surface area (Å²) in [6, 6.07) is 12.0. The fourth-order valence-corrected chi connectivity index (χ4v) is 3.46. The lowest BCUT2D eigenvalue weighted by atomic mass is 10.2. The number of rotatable bonds is 5. The molecule has 2 aromatic rings. The molecule has 0 saturated heterocycles. The Morgan fingerprint density at radius 2 is 1.76 bits per heavy atom. The van der Waals surface area contributed by atoms with Crippen LogP contribution in [0.5, 0.6) is 0 Å². The third-order valence-corrected chi connectivity index (χ3v) is 5.07. The van der Waals surface area contributed by atoms with Crippen molar-refractivity contribution in [1.29, 1.82) is 0 Å². The van der Waals surface area contributed by atoms with E-state index in [1.54, 1.807) is 11.8 Å². The van der Waals surface area contributed by atoms with Gasteiger partial charge in [-0.3, -0.25) is 0 Å². The molecule has 0 saturated carbocycles. The molecular weight excluding hydrogens is 345 g/mol. The van der Waals surface area contributed by atoms with Crippen LogP contribution >= 0.6 is 46.6 Å². The fraction of sp³-hybridized carbons (Fsp3) is 0.250. The van der Waals surface area contributed by atoms with E-state index in [4.69, 9.17) is 34.8 Å². The zero-order valence-corrected chi connectivity index (χ0v) is 14.9. The zero-order valence-electron chi connectivity index (χ0n) is 11.8. The molecule has 0 aliphatic rings. The molecule has 5 heteroatoms. The van der Waals surface area contributed by atoms with Crippen molar-refractivity contribution in [2.75, 3.05) is 0 Å². The van der Waals surface area contributed by atoms with E-state index in [1.807, 2.05) is 30.3 Å². The topological polar surface area (TPSA) is 12.0 Å². The van der Waals surface area contributed by atoms with Crippen LogP contribution in [0.15, 0.2) is 46.2 Å². The summed E-state index contributed by atoms with van der Waals surface area (Å²) < 4.78 is 0. The van der Waals surface area contributed by atoms with Gasteiger partial charge in [0.15, 0.2) is 0 Å². The van der Waals surface area contributed by atoms with Crippen LogP contribution in [0.25, 0.3) is 0 Å². The summed E-state index contributed by atoms with van der Waals surface area (Å²) in [4.78, 5) is 2.16. The summed E-state index contributed by atoms with van der Waals surface area (Å²) in [6.45, 7) is 4.96. The van der Waals surface area contributed by atoms with Gasteiger partial charge in [-0.05, 0) is 35.9 Å². The molecule has 21 heavy (non-hydrogen) atoms. The minimum atomic E-state index is 0.407. The summed E-state index contributed by atoms with van der Waals surface area (Å²) in [5, 5.41) is 5.30. The van der Waals surface area contributed by atoms with Crippen molar-refractivity contribution in [1.82, 2.24) is 5.32 Å². The smallest absolute Gasteiger partial charge is 0.0603 e. The Morgan fingerprint density at radius 1 is 1.00 bits per heavy atom. The van der Waals surface area contributed by atoms with E-state index in [0.717, 1.165) is 26.9 Å². The SMILES string of the molecule is CC(C)NCc1c(Cl)cccc1Sc1ccc(Cl)c(Cl)c1. The second kappa shape index (κ2) is 7.75. The summed E-state index contributed by atoms with van der Waals surface area (Å²) in [5.41, 5.74) is 1.10. The Labute approximate surface area is 145 Å². The van der Waals surface area contributed by atoms with Gasteiger partial charge in [0.1, 0.15) is 0 Å². The van der Waals surface area contributed by atoms with Crippen molar-refractivity contribution >= 4 is 46.6 Å². The van der Waals surface area contributed by atoms with Crippen molar-refractivity contribution in [3.05, 3.63) is 57.0 Å². The molecule has 0 spiro atoms. The first kappa shape index (κ1) is 17.0. The molecule has 0 aliphatic carbocycles. The largest absolute Gasteiger partial charge is 0.310 e. The van der Waals surface area contributed by atoms with Gasteiger partial charge in [-0.15, -0.1) is 0 Å². The van der Waals surface area contributed by atoms with Crippen molar-refractivity contribution < 1.29 is 0 Å². The minimum Gasteiger partial charge on any atom is -0.310 e. The van der Waals surface area contributed by atoms with Gasteiger partial charge in [0, 0.05) is 27.4 Å². The number of hydrogen-bond donors (Lipinski definition) is 1. The Hall–Kier alpha value is -0.380. The molecule has 112 valence electrons. The Morgan fingerprint density at radius 3 is 2.43 bits per heavy atom. The van der Waals surface area contributed by atoms with Gasteiger partial charge in [-0.25, -0.2) is 0 Å². The van der Waals surface area contributed by atoms with E-state index in [9.17, 15) is 0 Å². The summed E-state index contributed by atoms with van der Waals surface area (Å²) in [5.74, 6) is 0. The van der Waals surface area contributed by atoms with Crippen molar-refractivity contribution in [2.24, 2.45) is 0 Å². The zero-order chi connectivity index (χ0) is 15.4. The maximum absolute atomic E-state index is 6.34. The molecule has 0 heterocycles. The maximum atomic E-state index is 6.34. The van der Waals surface area contributed by atoms with Gasteiger partial charge < -0.3 is 5.32 Å². The quantitative estimate of drug-likeness (QED) is 0.672. The molecule has 1 nitrogen and oxygen atoms in total. The van der Waals surface area contributed by atoms with Gasteiger partial charge in [0.05, 0.1) is 10.0 Å². The lowest BCUT2D eigenvalue weighted by Gasteiger charge is -2.14. The van der Waals surface area contributed by atoms with Crippen LogP contribution in [0.4, 0.5) is 0 Å². The van der Waals surface area contributed by atoms with Crippen molar-refractivity contribution in [2.45, 2.75) is 36.2 Å². The molecule has 0 aliphatic heterocycles. The second-order valence-corrected chi connectivity index (χ2v) is 7.27. The third kappa shape index (κ3) is 4.80. The van der Waals surface area contributed by atoms with Crippen LogP contribution in [0.1, 0.15) is 19.4 Å². The minimum absolute atomic E-state index is 0.407. The molecule has 0 radical (unpaired) electrons. The van der Waals surface area contributed by atoms with Gasteiger partial charge in [-0.2, -0.15) is 0 Å². The lowest BCUT2D eigenvalue weighted by Crippen LogP contribution is -2.22. The fourth-order valence-electron chi connectivity index (χ4n) is 1.78. The highest BCUT2D eigenvalue weighted by molar-refractivity contribution is 7.99. The number of hydrogen-bond acceptors (Lipinski definition) is 2. The van der Waals surface area contributed by atoms with E-state index < -0.39 is 0 Å². The number of nitrogens with one attached hydrogen (secondary N) is 1. The van der Waals surface area contributed by atoms with E-state index in [2.05, 4.69) is 25.2 Å². The maximum Gasteiger partial charge on any atom is 0.0603 e. The van der Waals surface area contributed by atoms with Crippen LogP contribution in [0, 0.1) is 0 Å². The molecule has 2 rings (SSSR count). The molecule has 0 amide bonds. The van der Waals surface area contributed by atoms with Crippen LogP contribution in [0.2, 0.25) is 15.1 Å². The van der Waals surface area contributed by atoms with E-state index in [-0.39, 0.29) is 0 Å². The van der Waals surface area contributed by atoms with E-state index >= 15 is 0 Å². The molecule has 0 atom stereocenters. The third-order valence-electron chi connectivity index (χ3n) is 2.88. The van der Waals surface area contributed by atoms with Crippen LogP contribution in [-0.4, -0.2) is 6.04 Å². The Balaban J connectivity index is 2.26. The molecule has 0 fully saturated rings. The summed E-state index contributed by atoms with van der Waals surface area (Å²) in [7, 11) is 0. The molecule has 0 aromatic heterocycles. The van der Waals surface area contributed by atoms with Gasteiger partial charge in [0.2, 0.25) is 0 Å². The average Bonchev–Trinajstić information content (AvgIpc) is 2.42. The summed E-state index contributed by atoms with van der Waals surface area (Å²) >= 11 is 20.0. The first-order valence-corrected chi connectivity index (χ1v) is 8.56. The number of halogens is 3. The summed E-state index contributed by atoms with van der Waals surface area (Å²) in [6.07, 6.45) is 0. The first-order chi connectivity index (χ1) is 9.97. The monoisotopic (exact) mass is 359 g/mol. The van der Waals surface area contributed by atoms with Crippen molar-refractivity contribution in [3.8, 4) is 0 Å². The molecule has 0 bridgehead atoms. The Kier molecular flexibility index (Phi) is 6.27. The van der Waals surface area contributed by atoms with Crippen molar-refractivity contribution in [3.63, 3.8) is 0 Å². The lowest BCUT2D eigenvalue weighted by molar-refractivity contribution is 0.585. The highest BCUT2D eigenvalue weighted by atomic mass is 35.5. The highest BCUT2D eigenvalue weighted by Gasteiger charge is 2.10. The van der Waals surface area contributed by atoms with Crippen LogP contribution in [0.3, 0.4) is 0 Å². The molecule has 0 unspecified atom stereocenters. The predicted molar refractivity (Wildman–Crippen MR) is 94.0 cm³/mol. The molecular formula is C16H16Cl3NS.